The van der Waals surface area contributed by atoms with Crippen molar-refractivity contribution < 1.29 is 18.4 Å². The van der Waals surface area contributed by atoms with Crippen LogP contribution in [0.25, 0.3) is 0 Å². The summed E-state index contributed by atoms with van der Waals surface area (Å²) in [6.45, 7) is 2.06. The van der Waals surface area contributed by atoms with Crippen LogP contribution in [0.1, 0.15) is 13.3 Å². The van der Waals surface area contributed by atoms with Gasteiger partial charge < -0.3 is 10.0 Å². The van der Waals surface area contributed by atoms with Gasteiger partial charge >= 0.3 is 0 Å². The number of anilines is 1. The Kier molecular flexibility index (Phi) is 5.07. The normalized spacial score (nSPS) is 13.0. The topological polar surface area (TPSA) is 101 Å². The number of nitrogens with zero attached hydrogens (tertiary/aromatic N) is 2. The molecule has 0 bridgehead atoms. The molecule has 0 aliphatic heterocycles. The van der Waals surface area contributed by atoms with E-state index in [2.05, 4.69) is 0 Å². The molecule has 0 fully saturated rings. The number of aliphatic hydroxyl groups is 1. The molecule has 0 spiro atoms. The summed E-state index contributed by atoms with van der Waals surface area (Å²) >= 11 is 0. The minimum absolute atomic E-state index is 0.0862. The van der Waals surface area contributed by atoms with Gasteiger partial charge in [0, 0.05) is 25.9 Å². The van der Waals surface area contributed by atoms with Crippen molar-refractivity contribution in [3.8, 4) is 0 Å². The fraction of sp³-hybridized carbons (Fsp3) is 0.500. The molecule has 20 heavy (non-hydrogen) atoms. The minimum Gasteiger partial charge on any atom is -0.393 e. The van der Waals surface area contributed by atoms with Gasteiger partial charge in [0.2, 0.25) is 0 Å². The van der Waals surface area contributed by atoms with Crippen molar-refractivity contribution in [3.05, 3.63) is 28.3 Å². The summed E-state index contributed by atoms with van der Waals surface area (Å²) in [7, 11) is -1.83. The number of hydrogen-bond acceptors (Lipinski definition) is 6. The van der Waals surface area contributed by atoms with Gasteiger partial charge in [-0.2, -0.15) is 0 Å². The van der Waals surface area contributed by atoms with Gasteiger partial charge in [-0.15, -0.1) is 0 Å². The molecule has 112 valence electrons. The van der Waals surface area contributed by atoms with Crippen LogP contribution in [0, 0.1) is 10.1 Å². The van der Waals surface area contributed by atoms with Crippen molar-refractivity contribution in [2.75, 3.05) is 24.7 Å². The molecule has 1 N–H and O–H groups in total. The maximum atomic E-state index is 11.4. The molecular formula is C12H18N2O5S. The zero-order valence-corrected chi connectivity index (χ0v) is 12.4. The average molecular weight is 302 g/mol. The molecular weight excluding hydrogens is 284 g/mol. The summed E-state index contributed by atoms with van der Waals surface area (Å²) in [6, 6.07) is 3.82. The first-order valence-electron chi connectivity index (χ1n) is 6.00. The Labute approximate surface area is 117 Å². The van der Waals surface area contributed by atoms with Gasteiger partial charge in [0.05, 0.1) is 15.9 Å². The van der Waals surface area contributed by atoms with Gasteiger partial charge in [0.15, 0.2) is 9.84 Å². The third-order valence-corrected chi connectivity index (χ3v) is 3.98. The maximum absolute atomic E-state index is 11.4. The Morgan fingerprint density at radius 2 is 2.05 bits per heavy atom. The highest BCUT2D eigenvalue weighted by atomic mass is 32.2. The lowest BCUT2D eigenvalue weighted by molar-refractivity contribution is -0.384. The molecule has 0 aliphatic rings. The molecule has 1 atom stereocenters. The lowest BCUT2D eigenvalue weighted by Gasteiger charge is -2.20. The third-order valence-electron chi connectivity index (χ3n) is 2.87. The number of nitro groups is 1. The summed E-state index contributed by atoms with van der Waals surface area (Å²) in [5.41, 5.74) is 0.0593. The first-order valence-corrected chi connectivity index (χ1v) is 7.89. The fourth-order valence-corrected chi connectivity index (χ4v) is 2.34. The van der Waals surface area contributed by atoms with Crippen molar-refractivity contribution in [1.29, 1.82) is 0 Å². The van der Waals surface area contributed by atoms with Gasteiger partial charge in [0.25, 0.3) is 5.69 Å². The van der Waals surface area contributed by atoms with Crippen LogP contribution in [0.4, 0.5) is 11.4 Å². The summed E-state index contributed by atoms with van der Waals surface area (Å²) in [5, 5.41) is 20.3. The number of benzene rings is 1. The lowest BCUT2D eigenvalue weighted by Crippen LogP contribution is -2.22. The van der Waals surface area contributed by atoms with Gasteiger partial charge in [-0.3, -0.25) is 10.1 Å². The van der Waals surface area contributed by atoms with Crippen LogP contribution >= 0.6 is 0 Å². The predicted octanol–water partition coefficient (Wildman–Crippen LogP) is 1.21. The summed E-state index contributed by atoms with van der Waals surface area (Å²) in [5.74, 6) is 0. The molecule has 0 saturated carbocycles. The van der Waals surface area contributed by atoms with Crippen molar-refractivity contribution in [1.82, 2.24) is 0 Å². The Morgan fingerprint density at radius 3 is 2.50 bits per heavy atom. The highest BCUT2D eigenvalue weighted by Crippen LogP contribution is 2.30. The lowest BCUT2D eigenvalue weighted by atomic mass is 10.2. The number of nitro benzene ring substituents is 1. The van der Waals surface area contributed by atoms with E-state index in [4.69, 9.17) is 0 Å². The summed E-state index contributed by atoms with van der Waals surface area (Å²) in [6.07, 6.45) is 0.955. The van der Waals surface area contributed by atoms with Gasteiger partial charge in [-0.05, 0) is 25.5 Å². The van der Waals surface area contributed by atoms with Crippen molar-refractivity contribution in [2.45, 2.75) is 24.3 Å². The molecule has 1 rings (SSSR count). The van der Waals surface area contributed by atoms with Crippen LogP contribution in [0.3, 0.4) is 0 Å². The fourth-order valence-electron chi connectivity index (χ4n) is 1.70. The van der Waals surface area contributed by atoms with Gasteiger partial charge in [-0.1, -0.05) is 0 Å². The molecule has 0 aromatic heterocycles. The largest absolute Gasteiger partial charge is 0.393 e. The summed E-state index contributed by atoms with van der Waals surface area (Å²) < 4.78 is 22.9. The first-order chi connectivity index (χ1) is 9.12. The predicted molar refractivity (Wildman–Crippen MR) is 75.8 cm³/mol. The van der Waals surface area contributed by atoms with Gasteiger partial charge in [0.1, 0.15) is 5.69 Å². The Balaban J connectivity index is 3.17. The quantitative estimate of drug-likeness (QED) is 0.626. The smallest absolute Gasteiger partial charge is 0.293 e. The van der Waals surface area contributed by atoms with Crippen molar-refractivity contribution >= 4 is 21.2 Å². The second-order valence-electron chi connectivity index (χ2n) is 4.74. The Morgan fingerprint density at radius 1 is 1.45 bits per heavy atom. The van der Waals surface area contributed by atoms with Crippen LogP contribution in [-0.4, -0.2) is 44.4 Å². The van der Waals surface area contributed by atoms with E-state index in [1.165, 1.54) is 12.1 Å². The van der Waals surface area contributed by atoms with Crippen LogP contribution < -0.4 is 4.90 Å². The highest BCUT2D eigenvalue weighted by Gasteiger charge is 2.21. The molecule has 8 heteroatoms. The van der Waals surface area contributed by atoms with Crippen LogP contribution in [-0.2, 0) is 9.84 Å². The zero-order chi connectivity index (χ0) is 15.5. The molecule has 7 nitrogen and oxygen atoms in total. The molecule has 0 amide bonds. The van der Waals surface area contributed by atoms with E-state index in [-0.39, 0.29) is 10.6 Å². The molecule has 1 aromatic carbocycles. The monoisotopic (exact) mass is 302 g/mol. The molecule has 1 aromatic rings. The van der Waals surface area contributed by atoms with E-state index in [1.807, 2.05) is 0 Å². The van der Waals surface area contributed by atoms with E-state index < -0.39 is 20.9 Å². The van der Waals surface area contributed by atoms with E-state index >= 15 is 0 Å². The average Bonchev–Trinajstić information content (AvgIpc) is 2.33. The van der Waals surface area contributed by atoms with E-state index in [9.17, 15) is 23.6 Å². The number of rotatable bonds is 6. The second kappa shape index (κ2) is 6.19. The molecule has 0 radical (unpaired) electrons. The standard InChI is InChI=1S/C12H18N2O5S/c1-9(15)6-7-13(2)11-5-4-10(20(3,18)19)8-12(11)14(16)17/h4-5,8-9,15H,6-7H2,1-3H3. The number of hydrogen-bond donors (Lipinski definition) is 1. The van der Waals surface area contributed by atoms with Crippen molar-refractivity contribution in [3.63, 3.8) is 0 Å². The van der Waals surface area contributed by atoms with E-state index in [0.717, 1.165) is 12.3 Å². The van der Waals surface area contributed by atoms with E-state index in [1.54, 1.807) is 18.9 Å². The van der Waals surface area contributed by atoms with Crippen LogP contribution in [0.15, 0.2) is 23.1 Å². The van der Waals surface area contributed by atoms with Crippen LogP contribution in [0.2, 0.25) is 0 Å². The molecule has 0 heterocycles. The maximum Gasteiger partial charge on any atom is 0.293 e. The summed E-state index contributed by atoms with van der Waals surface area (Å²) in [4.78, 5) is 12.0. The van der Waals surface area contributed by atoms with Crippen molar-refractivity contribution in [2.24, 2.45) is 0 Å². The Hall–Kier alpha value is -1.67. The Bertz CT molecular complexity index is 598. The first kappa shape index (κ1) is 16.4. The second-order valence-corrected chi connectivity index (χ2v) is 6.75. The number of sulfone groups is 1. The van der Waals surface area contributed by atoms with Gasteiger partial charge in [-0.25, -0.2) is 8.42 Å². The SMILES string of the molecule is CC(O)CCN(C)c1ccc(S(C)(=O)=O)cc1[N+](=O)[O-]. The number of aliphatic hydroxyl groups excluding tert-OH is 1. The van der Waals surface area contributed by atoms with Crippen LogP contribution in [0.5, 0.6) is 0 Å². The zero-order valence-electron chi connectivity index (χ0n) is 11.6. The highest BCUT2D eigenvalue weighted by molar-refractivity contribution is 7.90. The van der Waals surface area contributed by atoms with E-state index in [0.29, 0.717) is 18.7 Å². The molecule has 0 aliphatic carbocycles. The third kappa shape index (κ3) is 4.17. The minimum atomic E-state index is -3.49. The molecule has 0 saturated heterocycles. The molecule has 1 unspecified atom stereocenters.